The number of benzene rings is 1. The van der Waals surface area contributed by atoms with Gasteiger partial charge in [-0.1, -0.05) is 6.07 Å². The van der Waals surface area contributed by atoms with Gasteiger partial charge in [-0.2, -0.15) is 0 Å². The second-order valence-corrected chi connectivity index (χ2v) is 6.49. The number of urea groups is 1. The van der Waals surface area contributed by atoms with Crippen molar-refractivity contribution in [2.45, 2.75) is 54.1 Å². The fourth-order valence-electron chi connectivity index (χ4n) is 3.29. The zero-order chi connectivity index (χ0) is 18.3. The Morgan fingerprint density at radius 2 is 1.62 bits per heavy atom. The van der Waals surface area contributed by atoms with E-state index in [9.17, 15) is 19.2 Å². The third kappa shape index (κ3) is 2.72. The van der Waals surface area contributed by atoms with Crippen LogP contribution in [0.5, 0.6) is 0 Å². The van der Waals surface area contributed by atoms with Gasteiger partial charge in [0.2, 0.25) is 0 Å². The average Bonchev–Trinajstić information content (AvgIpc) is 2.65. The molecule has 0 spiro atoms. The number of carbonyl (C=O) groups excluding carboxylic acids is 4. The molecule has 0 aliphatic carbocycles. The molecule has 1 aliphatic rings. The molecule has 0 saturated carbocycles. The summed E-state index contributed by atoms with van der Waals surface area (Å²) in [6, 6.07) is 0.877. The van der Waals surface area contributed by atoms with Crippen molar-refractivity contribution >= 4 is 23.6 Å². The minimum absolute atomic E-state index is 0.00907. The highest BCUT2D eigenvalue weighted by Gasteiger charge is 2.45. The molecule has 0 bridgehead atoms. The van der Waals surface area contributed by atoms with Crippen molar-refractivity contribution in [2.75, 3.05) is 0 Å². The molecule has 1 aliphatic heterocycles. The van der Waals surface area contributed by atoms with Crippen molar-refractivity contribution < 1.29 is 19.2 Å². The summed E-state index contributed by atoms with van der Waals surface area (Å²) in [4.78, 5) is 50.5. The summed E-state index contributed by atoms with van der Waals surface area (Å²) in [6.07, 6.45) is 0. The van der Waals surface area contributed by atoms with E-state index in [4.69, 9.17) is 0 Å². The lowest BCUT2D eigenvalue weighted by Crippen LogP contribution is -2.38. The number of carbonyl (C=O) groups is 4. The van der Waals surface area contributed by atoms with Crippen LogP contribution in [0.3, 0.4) is 0 Å². The quantitative estimate of drug-likeness (QED) is 0.483. The van der Waals surface area contributed by atoms with Crippen LogP contribution in [0, 0.1) is 20.8 Å². The van der Waals surface area contributed by atoms with E-state index in [2.05, 4.69) is 0 Å². The molecule has 0 N–H and O–H groups in total. The Bertz CT molecular complexity index is 765. The van der Waals surface area contributed by atoms with Crippen molar-refractivity contribution in [1.29, 1.82) is 0 Å². The molecular formula is C18H22N2O4. The van der Waals surface area contributed by atoms with E-state index >= 15 is 0 Å². The van der Waals surface area contributed by atoms with E-state index in [1.165, 1.54) is 6.92 Å². The molecular weight excluding hydrogens is 308 g/mol. The highest BCUT2D eigenvalue weighted by atomic mass is 16.2. The van der Waals surface area contributed by atoms with Gasteiger partial charge >= 0.3 is 17.8 Å². The molecule has 6 heteroatoms. The van der Waals surface area contributed by atoms with Crippen LogP contribution in [0.4, 0.5) is 4.79 Å². The minimum atomic E-state index is -0.822. The Morgan fingerprint density at radius 3 is 2.08 bits per heavy atom. The number of aryl methyl sites for hydroxylation is 2. The Morgan fingerprint density at radius 1 is 1.04 bits per heavy atom. The van der Waals surface area contributed by atoms with Crippen LogP contribution in [-0.2, 0) is 16.1 Å². The van der Waals surface area contributed by atoms with Gasteiger partial charge in [-0.3, -0.25) is 24.2 Å². The van der Waals surface area contributed by atoms with Crippen LogP contribution in [0.2, 0.25) is 0 Å². The Kier molecular flexibility index (Phi) is 4.60. The summed E-state index contributed by atoms with van der Waals surface area (Å²) in [5.74, 6) is -1.69. The van der Waals surface area contributed by atoms with E-state index < -0.39 is 17.8 Å². The summed E-state index contributed by atoms with van der Waals surface area (Å²) in [6.45, 7) is 10.4. The lowest BCUT2D eigenvalue weighted by Gasteiger charge is -2.21. The Labute approximate surface area is 141 Å². The summed E-state index contributed by atoms with van der Waals surface area (Å²) >= 11 is 0. The number of amides is 4. The van der Waals surface area contributed by atoms with Gasteiger partial charge in [-0.25, -0.2) is 4.79 Å². The predicted molar refractivity (Wildman–Crippen MR) is 88.6 cm³/mol. The molecule has 1 aromatic carbocycles. The molecule has 0 radical (unpaired) electrons. The lowest BCUT2D eigenvalue weighted by atomic mass is 9.91. The van der Waals surface area contributed by atoms with Crippen molar-refractivity contribution in [3.8, 4) is 0 Å². The van der Waals surface area contributed by atoms with E-state index in [-0.39, 0.29) is 18.4 Å². The lowest BCUT2D eigenvalue weighted by molar-refractivity contribution is -0.144. The minimum Gasteiger partial charge on any atom is -0.294 e. The van der Waals surface area contributed by atoms with Gasteiger partial charge in [-0.05, 0) is 63.8 Å². The molecule has 4 amide bonds. The van der Waals surface area contributed by atoms with Gasteiger partial charge in [0, 0.05) is 11.6 Å². The van der Waals surface area contributed by atoms with Crippen molar-refractivity contribution in [1.82, 2.24) is 9.80 Å². The van der Waals surface area contributed by atoms with Gasteiger partial charge in [0.05, 0.1) is 6.54 Å². The number of Topliss-reactive ketones (excluding diaryl/α,β-unsaturated/α-hetero) is 1. The summed E-state index contributed by atoms with van der Waals surface area (Å²) < 4.78 is 0. The molecule has 24 heavy (non-hydrogen) atoms. The van der Waals surface area contributed by atoms with E-state index in [0.717, 1.165) is 32.1 Å². The van der Waals surface area contributed by atoms with Crippen molar-refractivity contribution in [3.05, 3.63) is 33.9 Å². The first kappa shape index (κ1) is 17.8. The van der Waals surface area contributed by atoms with Gasteiger partial charge in [0.25, 0.3) is 0 Å². The molecule has 0 unspecified atom stereocenters. The Balaban J connectivity index is 2.47. The number of rotatable bonds is 4. The molecule has 6 nitrogen and oxygen atoms in total. The van der Waals surface area contributed by atoms with Crippen molar-refractivity contribution in [2.24, 2.45) is 0 Å². The number of hydrogen-bond donors (Lipinski definition) is 0. The molecule has 0 atom stereocenters. The highest BCUT2D eigenvalue weighted by molar-refractivity contribution is 6.44. The first-order chi connectivity index (χ1) is 11.1. The number of nitrogens with zero attached hydrogens (tertiary/aromatic N) is 2. The third-order valence-corrected chi connectivity index (χ3v) is 4.40. The summed E-state index contributed by atoms with van der Waals surface area (Å²) in [7, 11) is 0. The SMILES string of the molecule is CC(=O)c1c(C)cc(C)c(CN2C(=O)C(=O)N(C(C)C)C2=O)c1C. The topological polar surface area (TPSA) is 74.8 Å². The monoisotopic (exact) mass is 330 g/mol. The van der Waals surface area contributed by atoms with Crippen LogP contribution in [0.25, 0.3) is 0 Å². The summed E-state index contributed by atoms with van der Waals surface area (Å²) in [5, 5.41) is 0. The van der Waals surface area contributed by atoms with E-state index in [0.29, 0.717) is 5.56 Å². The van der Waals surface area contributed by atoms with Crippen molar-refractivity contribution in [3.63, 3.8) is 0 Å². The molecule has 1 fully saturated rings. The molecule has 2 rings (SSSR count). The normalized spacial score (nSPS) is 15.0. The number of ketones is 1. The molecule has 1 saturated heterocycles. The van der Waals surface area contributed by atoms with Gasteiger partial charge < -0.3 is 0 Å². The third-order valence-electron chi connectivity index (χ3n) is 4.40. The highest BCUT2D eigenvalue weighted by Crippen LogP contribution is 2.26. The first-order valence-electron chi connectivity index (χ1n) is 7.87. The fraction of sp³-hybridized carbons (Fsp3) is 0.444. The van der Waals surface area contributed by atoms with Crippen LogP contribution in [0.1, 0.15) is 53.4 Å². The maximum Gasteiger partial charge on any atom is 0.334 e. The maximum atomic E-state index is 12.4. The second-order valence-electron chi connectivity index (χ2n) is 6.49. The number of hydrogen-bond acceptors (Lipinski definition) is 4. The average molecular weight is 330 g/mol. The fourth-order valence-corrected chi connectivity index (χ4v) is 3.29. The first-order valence-corrected chi connectivity index (χ1v) is 7.87. The zero-order valence-corrected chi connectivity index (χ0v) is 14.9. The van der Waals surface area contributed by atoms with E-state index in [1.54, 1.807) is 20.8 Å². The van der Waals surface area contributed by atoms with Crippen LogP contribution in [-0.4, -0.2) is 39.5 Å². The zero-order valence-electron chi connectivity index (χ0n) is 14.9. The van der Waals surface area contributed by atoms with Gasteiger partial charge in [0.1, 0.15) is 0 Å². The number of imide groups is 2. The standard InChI is InChI=1S/C18H22N2O4/c1-9(2)20-17(23)16(22)19(18(20)24)8-14-10(3)7-11(4)15(12(14)5)13(6)21/h7,9H,8H2,1-6H3. The molecule has 128 valence electrons. The largest absolute Gasteiger partial charge is 0.334 e. The van der Waals surface area contributed by atoms with Gasteiger partial charge in [0.15, 0.2) is 5.78 Å². The Hall–Kier alpha value is -2.50. The molecule has 1 aromatic rings. The summed E-state index contributed by atoms with van der Waals surface area (Å²) in [5.41, 5.74) is 3.81. The van der Waals surface area contributed by atoms with Crippen LogP contribution >= 0.6 is 0 Å². The smallest absolute Gasteiger partial charge is 0.294 e. The molecule has 1 heterocycles. The second kappa shape index (κ2) is 6.19. The van der Waals surface area contributed by atoms with Crippen LogP contribution in [0.15, 0.2) is 6.07 Å². The maximum absolute atomic E-state index is 12.4. The predicted octanol–water partition coefficient (Wildman–Crippen LogP) is 2.51. The molecule has 0 aromatic heterocycles. The van der Waals surface area contributed by atoms with E-state index in [1.807, 2.05) is 19.9 Å². The van der Waals surface area contributed by atoms with Gasteiger partial charge in [-0.15, -0.1) is 0 Å². The van der Waals surface area contributed by atoms with Crippen LogP contribution < -0.4 is 0 Å².